The third kappa shape index (κ3) is 3.37. The molecule has 0 unspecified atom stereocenters. The molecular weight excluding hydrogens is 305 g/mol. The first-order valence-electron chi connectivity index (χ1n) is 6.59. The molecular formula is C15H12FN3O2S. The quantitative estimate of drug-likeness (QED) is 0.785. The normalized spacial score (nSPS) is 10.6. The Kier molecular flexibility index (Phi) is 4.24. The number of hydrogen-bond acceptors (Lipinski definition) is 5. The number of hydrogen-bond donors (Lipinski definition) is 1. The van der Waals surface area contributed by atoms with Crippen molar-refractivity contribution in [3.8, 4) is 11.4 Å². The van der Waals surface area contributed by atoms with Gasteiger partial charge >= 0.3 is 0 Å². The van der Waals surface area contributed by atoms with Gasteiger partial charge in [-0.2, -0.15) is 4.98 Å². The van der Waals surface area contributed by atoms with Crippen molar-refractivity contribution >= 4 is 17.2 Å². The second-order valence-electron chi connectivity index (χ2n) is 4.52. The largest absolute Gasteiger partial charge is 0.347 e. The average molecular weight is 317 g/mol. The number of carbonyl (C=O) groups excluding carboxylic acids is 1. The molecule has 22 heavy (non-hydrogen) atoms. The van der Waals surface area contributed by atoms with Crippen LogP contribution in [0.15, 0.2) is 46.3 Å². The molecule has 0 aliphatic carbocycles. The summed E-state index contributed by atoms with van der Waals surface area (Å²) >= 11 is 1.52. The molecule has 0 spiro atoms. The molecule has 0 saturated heterocycles. The van der Waals surface area contributed by atoms with Crippen LogP contribution in [-0.4, -0.2) is 16.0 Å². The highest BCUT2D eigenvalue weighted by Gasteiger charge is 2.13. The molecule has 7 heteroatoms. The maximum absolute atomic E-state index is 13.6. The van der Waals surface area contributed by atoms with Crippen molar-refractivity contribution in [3.63, 3.8) is 0 Å². The van der Waals surface area contributed by atoms with Crippen LogP contribution < -0.4 is 5.32 Å². The lowest BCUT2D eigenvalue weighted by Crippen LogP contribution is -2.24. The van der Waals surface area contributed by atoms with Gasteiger partial charge in [0.15, 0.2) is 0 Å². The van der Waals surface area contributed by atoms with Crippen LogP contribution in [0.1, 0.15) is 10.8 Å². The molecule has 3 rings (SSSR count). The molecule has 5 nitrogen and oxygen atoms in total. The molecule has 0 bridgehead atoms. The number of rotatable bonds is 5. The van der Waals surface area contributed by atoms with Crippen LogP contribution in [0.5, 0.6) is 0 Å². The Morgan fingerprint density at radius 2 is 2.14 bits per heavy atom. The Bertz CT molecular complexity index is 771. The van der Waals surface area contributed by atoms with Gasteiger partial charge in [0.05, 0.1) is 18.5 Å². The van der Waals surface area contributed by atoms with Gasteiger partial charge in [0, 0.05) is 4.88 Å². The summed E-state index contributed by atoms with van der Waals surface area (Å²) in [6.45, 7) is 0.117. The number of nitrogens with zero attached hydrogens (tertiary/aromatic N) is 2. The van der Waals surface area contributed by atoms with Gasteiger partial charge < -0.3 is 9.84 Å². The first-order valence-corrected chi connectivity index (χ1v) is 7.47. The van der Waals surface area contributed by atoms with E-state index in [0.717, 1.165) is 4.88 Å². The standard InChI is InChI=1S/C15H12FN3O2S/c16-12-6-2-1-5-11(12)15-18-14(21-19-15)9-17-13(20)8-10-4-3-7-22-10/h1-7H,8-9H2,(H,17,20). The van der Waals surface area contributed by atoms with Crippen molar-refractivity contribution in [1.82, 2.24) is 15.5 Å². The fourth-order valence-corrected chi connectivity index (χ4v) is 2.59. The molecule has 2 aromatic heterocycles. The highest BCUT2D eigenvalue weighted by Crippen LogP contribution is 2.19. The van der Waals surface area contributed by atoms with Gasteiger partial charge in [-0.1, -0.05) is 23.4 Å². The highest BCUT2D eigenvalue weighted by atomic mass is 32.1. The van der Waals surface area contributed by atoms with Crippen molar-refractivity contribution < 1.29 is 13.7 Å². The number of amides is 1. The van der Waals surface area contributed by atoms with Crippen LogP contribution in [0.4, 0.5) is 4.39 Å². The molecule has 0 aliphatic heterocycles. The Hall–Kier alpha value is -2.54. The second kappa shape index (κ2) is 6.48. The fraction of sp³-hybridized carbons (Fsp3) is 0.133. The van der Waals surface area contributed by atoms with Gasteiger partial charge in [0.1, 0.15) is 5.82 Å². The first kappa shape index (κ1) is 14.4. The molecule has 0 aliphatic rings. The van der Waals surface area contributed by atoms with Crippen molar-refractivity contribution in [1.29, 1.82) is 0 Å². The molecule has 112 valence electrons. The highest BCUT2D eigenvalue weighted by molar-refractivity contribution is 7.10. The van der Waals surface area contributed by atoms with E-state index in [1.165, 1.54) is 17.4 Å². The average Bonchev–Trinajstić information content (AvgIpc) is 3.17. The zero-order valence-electron chi connectivity index (χ0n) is 11.5. The molecule has 0 saturated carbocycles. The molecule has 1 aromatic carbocycles. The number of halogens is 1. The lowest BCUT2D eigenvalue weighted by Gasteiger charge is -2.00. The molecule has 1 N–H and O–H groups in total. The summed E-state index contributed by atoms with van der Waals surface area (Å²) in [5.74, 6) is -0.150. The Labute approximate surface area is 129 Å². The number of nitrogens with one attached hydrogen (secondary N) is 1. The lowest BCUT2D eigenvalue weighted by molar-refractivity contribution is -0.120. The summed E-state index contributed by atoms with van der Waals surface area (Å²) in [7, 11) is 0. The monoisotopic (exact) mass is 317 g/mol. The summed E-state index contributed by atoms with van der Waals surface area (Å²) in [6, 6.07) is 9.97. The van der Waals surface area contributed by atoms with Gasteiger partial charge in [-0.3, -0.25) is 4.79 Å². The van der Waals surface area contributed by atoms with Crippen molar-refractivity contribution in [2.45, 2.75) is 13.0 Å². The fourth-order valence-electron chi connectivity index (χ4n) is 1.89. The van der Waals surface area contributed by atoms with Gasteiger partial charge in [0.2, 0.25) is 17.6 Å². The maximum Gasteiger partial charge on any atom is 0.246 e. The third-order valence-electron chi connectivity index (χ3n) is 2.93. The number of aromatic nitrogens is 2. The summed E-state index contributed by atoms with van der Waals surface area (Å²) in [4.78, 5) is 16.8. The van der Waals surface area contributed by atoms with Gasteiger partial charge in [0.25, 0.3) is 0 Å². The van der Waals surface area contributed by atoms with Crippen molar-refractivity contribution in [2.24, 2.45) is 0 Å². The third-order valence-corrected chi connectivity index (χ3v) is 3.81. The molecule has 1 amide bonds. The van der Waals surface area contributed by atoms with E-state index in [-0.39, 0.29) is 29.7 Å². The maximum atomic E-state index is 13.6. The summed E-state index contributed by atoms with van der Waals surface area (Å²) < 4.78 is 18.6. The van der Waals surface area contributed by atoms with Crippen LogP contribution in [0, 0.1) is 5.82 Å². The van der Waals surface area contributed by atoms with E-state index in [2.05, 4.69) is 15.5 Å². The van der Waals surface area contributed by atoms with E-state index >= 15 is 0 Å². The predicted molar refractivity (Wildman–Crippen MR) is 79.6 cm³/mol. The van der Waals surface area contributed by atoms with Crippen LogP contribution in [-0.2, 0) is 17.8 Å². The number of carbonyl (C=O) groups is 1. The minimum Gasteiger partial charge on any atom is -0.347 e. The SMILES string of the molecule is O=C(Cc1cccs1)NCc1nc(-c2ccccc2F)no1. The van der Waals surface area contributed by atoms with E-state index in [1.54, 1.807) is 18.2 Å². The summed E-state index contributed by atoms with van der Waals surface area (Å²) in [5, 5.41) is 8.34. The van der Waals surface area contributed by atoms with E-state index in [9.17, 15) is 9.18 Å². The van der Waals surface area contributed by atoms with Crippen molar-refractivity contribution in [2.75, 3.05) is 0 Å². The van der Waals surface area contributed by atoms with Crippen LogP contribution >= 0.6 is 11.3 Å². The molecule has 0 radical (unpaired) electrons. The minimum absolute atomic E-state index is 0.117. The van der Waals surface area contributed by atoms with E-state index in [0.29, 0.717) is 6.42 Å². The van der Waals surface area contributed by atoms with Crippen LogP contribution in [0.25, 0.3) is 11.4 Å². The predicted octanol–water partition coefficient (Wildman–Crippen LogP) is 2.80. The Balaban J connectivity index is 1.60. The van der Waals surface area contributed by atoms with Crippen LogP contribution in [0.2, 0.25) is 0 Å². The topological polar surface area (TPSA) is 68.0 Å². The van der Waals surface area contributed by atoms with Crippen LogP contribution in [0.3, 0.4) is 0 Å². The van der Waals surface area contributed by atoms with Crippen molar-refractivity contribution in [3.05, 3.63) is 58.4 Å². The molecule has 2 heterocycles. The zero-order valence-corrected chi connectivity index (χ0v) is 12.3. The molecule has 0 fully saturated rings. The van der Waals surface area contributed by atoms with Gasteiger partial charge in [-0.05, 0) is 23.6 Å². The Morgan fingerprint density at radius 1 is 1.27 bits per heavy atom. The number of thiophene rings is 1. The number of benzene rings is 1. The molecule has 3 aromatic rings. The first-order chi connectivity index (χ1) is 10.7. The Morgan fingerprint density at radius 3 is 2.91 bits per heavy atom. The van der Waals surface area contributed by atoms with Gasteiger partial charge in [-0.25, -0.2) is 4.39 Å². The minimum atomic E-state index is -0.420. The summed E-state index contributed by atoms with van der Waals surface area (Å²) in [5.41, 5.74) is 0.266. The molecule has 0 atom stereocenters. The smallest absolute Gasteiger partial charge is 0.246 e. The van der Waals surface area contributed by atoms with Gasteiger partial charge in [-0.15, -0.1) is 11.3 Å². The van der Waals surface area contributed by atoms with E-state index in [1.807, 2.05) is 17.5 Å². The van der Waals surface area contributed by atoms with E-state index < -0.39 is 5.82 Å². The second-order valence-corrected chi connectivity index (χ2v) is 5.56. The lowest BCUT2D eigenvalue weighted by atomic mass is 10.2. The summed E-state index contributed by atoms with van der Waals surface area (Å²) in [6.07, 6.45) is 0.311. The van der Waals surface area contributed by atoms with E-state index in [4.69, 9.17) is 4.52 Å². The zero-order chi connectivity index (χ0) is 15.4.